The lowest BCUT2D eigenvalue weighted by Gasteiger charge is -2.26. The molecule has 8 nitrogen and oxygen atoms in total. The molecule has 1 aliphatic heterocycles. The molecular formula is C24H19F2N7O. The van der Waals surface area contributed by atoms with Crippen LogP contribution in [0, 0.1) is 11.6 Å². The van der Waals surface area contributed by atoms with Gasteiger partial charge in [-0.3, -0.25) is 4.98 Å². The standard InChI is InChI=1S/C24H19F2N7O/c25-17-3-4-20(26)19(9-17)21-2-1-6-31(21)23-5-7-32-24(30-23)22(13-29-32)33-14-16(11-28-33)15-8-18(34)12-27-10-15/h3-5,7-14,21,34H,1-2,6H2. The summed E-state index contributed by atoms with van der Waals surface area (Å²) < 4.78 is 31.7. The molecule has 0 radical (unpaired) electrons. The van der Waals surface area contributed by atoms with E-state index in [4.69, 9.17) is 4.98 Å². The van der Waals surface area contributed by atoms with Crippen molar-refractivity contribution in [2.75, 3.05) is 11.4 Å². The molecule has 1 aliphatic rings. The highest BCUT2D eigenvalue weighted by Gasteiger charge is 2.30. The van der Waals surface area contributed by atoms with Crippen LogP contribution in [-0.2, 0) is 0 Å². The maximum Gasteiger partial charge on any atom is 0.183 e. The molecule has 170 valence electrons. The first-order valence-corrected chi connectivity index (χ1v) is 10.8. The molecular weight excluding hydrogens is 440 g/mol. The zero-order valence-corrected chi connectivity index (χ0v) is 17.9. The Bertz CT molecular complexity index is 1510. The number of anilines is 1. The number of aromatic nitrogens is 6. The van der Waals surface area contributed by atoms with Gasteiger partial charge in [0.2, 0.25) is 0 Å². The van der Waals surface area contributed by atoms with Crippen LogP contribution in [0.4, 0.5) is 14.6 Å². The SMILES string of the molecule is Oc1cncc(-c2cnn(-c3cnn4ccc(N5CCCC5c5cc(F)ccc5F)nc34)c2)c1. The van der Waals surface area contributed by atoms with Crippen LogP contribution in [0.25, 0.3) is 22.5 Å². The molecule has 5 aromatic rings. The Labute approximate surface area is 192 Å². The average molecular weight is 459 g/mol. The third-order valence-electron chi connectivity index (χ3n) is 6.09. The van der Waals surface area contributed by atoms with Crippen LogP contribution in [0.5, 0.6) is 5.75 Å². The first-order chi connectivity index (χ1) is 16.6. The number of halogens is 2. The summed E-state index contributed by atoms with van der Waals surface area (Å²) in [4.78, 5) is 10.8. The van der Waals surface area contributed by atoms with Crippen molar-refractivity contribution in [3.05, 3.63) is 84.7 Å². The van der Waals surface area contributed by atoms with Crippen LogP contribution in [0.15, 0.2) is 67.5 Å². The van der Waals surface area contributed by atoms with E-state index < -0.39 is 11.6 Å². The van der Waals surface area contributed by atoms with Gasteiger partial charge < -0.3 is 10.0 Å². The van der Waals surface area contributed by atoms with E-state index in [1.54, 1.807) is 40.1 Å². The minimum absolute atomic E-state index is 0.0717. The van der Waals surface area contributed by atoms with E-state index in [1.165, 1.54) is 18.3 Å². The lowest BCUT2D eigenvalue weighted by molar-refractivity contribution is 0.473. The number of fused-ring (bicyclic) bond motifs is 1. The molecule has 34 heavy (non-hydrogen) atoms. The highest BCUT2D eigenvalue weighted by Crippen LogP contribution is 2.37. The van der Waals surface area contributed by atoms with Gasteiger partial charge in [-0.2, -0.15) is 10.2 Å². The second-order valence-corrected chi connectivity index (χ2v) is 8.21. The first-order valence-electron chi connectivity index (χ1n) is 10.8. The second kappa shape index (κ2) is 7.91. The number of pyridine rings is 1. The molecule has 0 aliphatic carbocycles. The fourth-order valence-corrected chi connectivity index (χ4v) is 4.49. The quantitative estimate of drug-likeness (QED) is 0.431. The number of rotatable bonds is 4. The van der Waals surface area contributed by atoms with E-state index in [2.05, 4.69) is 15.2 Å². The summed E-state index contributed by atoms with van der Waals surface area (Å²) in [5.74, 6) is -0.150. The van der Waals surface area contributed by atoms with Gasteiger partial charge in [0.25, 0.3) is 0 Å². The number of nitrogens with zero attached hydrogens (tertiary/aromatic N) is 7. The van der Waals surface area contributed by atoms with Crippen LogP contribution in [0.2, 0.25) is 0 Å². The van der Waals surface area contributed by atoms with Gasteiger partial charge in [-0.15, -0.1) is 0 Å². The summed E-state index contributed by atoms with van der Waals surface area (Å²) in [6.07, 6.45) is 11.5. The monoisotopic (exact) mass is 459 g/mol. The Morgan fingerprint density at radius 2 is 1.88 bits per heavy atom. The van der Waals surface area contributed by atoms with Crippen molar-refractivity contribution in [2.24, 2.45) is 0 Å². The van der Waals surface area contributed by atoms with Crippen LogP contribution < -0.4 is 4.90 Å². The largest absolute Gasteiger partial charge is 0.506 e. The Balaban J connectivity index is 1.38. The molecule has 0 saturated carbocycles. The summed E-state index contributed by atoms with van der Waals surface area (Å²) in [7, 11) is 0. The third kappa shape index (κ3) is 3.43. The third-order valence-corrected chi connectivity index (χ3v) is 6.09. The average Bonchev–Trinajstić information content (AvgIpc) is 3.59. The first kappa shape index (κ1) is 20.3. The lowest BCUT2D eigenvalue weighted by Crippen LogP contribution is -2.24. The van der Waals surface area contributed by atoms with Gasteiger partial charge in [0.1, 0.15) is 28.9 Å². The molecule has 5 heterocycles. The molecule has 0 spiro atoms. The molecule has 10 heteroatoms. The highest BCUT2D eigenvalue weighted by molar-refractivity contribution is 5.65. The molecule has 0 bridgehead atoms. The van der Waals surface area contributed by atoms with E-state index in [9.17, 15) is 13.9 Å². The topological polar surface area (TPSA) is 84.4 Å². The lowest BCUT2D eigenvalue weighted by atomic mass is 10.0. The second-order valence-electron chi connectivity index (χ2n) is 8.21. The van der Waals surface area contributed by atoms with Gasteiger partial charge in [0.05, 0.1) is 24.6 Å². The molecule has 1 unspecified atom stereocenters. The van der Waals surface area contributed by atoms with Crippen LogP contribution >= 0.6 is 0 Å². The minimum atomic E-state index is -0.457. The molecule has 1 fully saturated rings. The van der Waals surface area contributed by atoms with E-state index in [-0.39, 0.29) is 11.8 Å². The molecule has 1 saturated heterocycles. The van der Waals surface area contributed by atoms with Crippen molar-refractivity contribution >= 4 is 11.5 Å². The van der Waals surface area contributed by atoms with Crippen molar-refractivity contribution < 1.29 is 13.9 Å². The summed E-state index contributed by atoms with van der Waals surface area (Å²) in [5, 5.41) is 18.5. The molecule has 1 N–H and O–H groups in total. The molecule has 0 amide bonds. The fraction of sp³-hybridized carbons (Fsp3) is 0.167. The predicted molar refractivity (Wildman–Crippen MR) is 121 cm³/mol. The number of hydrogen-bond donors (Lipinski definition) is 1. The van der Waals surface area contributed by atoms with Gasteiger partial charge >= 0.3 is 0 Å². The summed E-state index contributed by atoms with van der Waals surface area (Å²) in [6, 6.07) is 6.71. The van der Waals surface area contributed by atoms with Crippen molar-refractivity contribution in [3.63, 3.8) is 0 Å². The summed E-state index contributed by atoms with van der Waals surface area (Å²) in [6.45, 7) is 0.684. The van der Waals surface area contributed by atoms with Crippen molar-refractivity contribution in [1.82, 2.24) is 29.4 Å². The van der Waals surface area contributed by atoms with E-state index in [1.807, 2.05) is 17.2 Å². The van der Waals surface area contributed by atoms with Crippen molar-refractivity contribution in [1.29, 1.82) is 0 Å². The zero-order valence-electron chi connectivity index (χ0n) is 17.9. The molecule has 1 aromatic carbocycles. The Kier molecular flexibility index (Phi) is 4.72. The number of aromatic hydroxyl groups is 1. The van der Waals surface area contributed by atoms with Gasteiger partial charge in [-0.1, -0.05) is 0 Å². The highest BCUT2D eigenvalue weighted by atomic mass is 19.1. The maximum atomic E-state index is 14.5. The maximum absolute atomic E-state index is 14.5. The Morgan fingerprint density at radius 1 is 0.971 bits per heavy atom. The molecule has 1 atom stereocenters. The van der Waals surface area contributed by atoms with Crippen molar-refractivity contribution in [2.45, 2.75) is 18.9 Å². The summed E-state index contributed by atoms with van der Waals surface area (Å²) >= 11 is 0. The zero-order chi connectivity index (χ0) is 23.2. The van der Waals surface area contributed by atoms with Crippen molar-refractivity contribution in [3.8, 4) is 22.6 Å². The van der Waals surface area contributed by atoms with E-state index in [0.29, 0.717) is 35.7 Å². The molecule has 6 rings (SSSR count). The van der Waals surface area contributed by atoms with E-state index in [0.717, 1.165) is 23.6 Å². The normalized spacial score (nSPS) is 15.9. The van der Waals surface area contributed by atoms with Crippen LogP contribution in [-0.4, -0.2) is 41.0 Å². The van der Waals surface area contributed by atoms with Gasteiger partial charge in [-0.05, 0) is 43.2 Å². The minimum Gasteiger partial charge on any atom is -0.506 e. The Morgan fingerprint density at radius 3 is 2.76 bits per heavy atom. The van der Waals surface area contributed by atoms with Crippen LogP contribution in [0.1, 0.15) is 24.4 Å². The number of hydrogen-bond acceptors (Lipinski definition) is 6. The van der Waals surface area contributed by atoms with Gasteiger partial charge in [0, 0.05) is 41.8 Å². The Hall–Kier alpha value is -4.34. The van der Waals surface area contributed by atoms with Gasteiger partial charge in [-0.25, -0.2) is 23.0 Å². The fourth-order valence-electron chi connectivity index (χ4n) is 4.49. The smallest absolute Gasteiger partial charge is 0.183 e. The van der Waals surface area contributed by atoms with Gasteiger partial charge in [0.15, 0.2) is 5.65 Å². The molecule has 4 aromatic heterocycles. The predicted octanol–water partition coefficient (Wildman–Crippen LogP) is 4.30. The van der Waals surface area contributed by atoms with Crippen LogP contribution in [0.3, 0.4) is 0 Å². The van der Waals surface area contributed by atoms with E-state index >= 15 is 0 Å². The number of benzene rings is 1. The summed E-state index contributed by atoms with van der Waals surface area (Å²) in [5.41, 5.74) is 3.08.